The first-order valence-corrected chi connectivity index (χ1v) is 3.53. The molecular formula is C6H8ClN3O. The van der Waals surface area contributed by atoms with Crippen LogP contribution in [0.2, 0.25) is 0 Å². The molecule has 0 spiro atoms. The molecule has 1 unspecified atom stereocenters. The van der Waals surface area contributed by atoms with Crippen LogP contribution < -0.4 is 11.4 Å². The number of nitrogens with two attached hydrogens (primary N) is 1. The molecule has 1 rings (SSSR count). The van der Waals surface area contributed by atoms with Gasteiger partial charge in [-0.1, -0.05) is 11.6 Å². The Labute approximate surface area is 68.6 Å². The Morgan fingerprint density at radius 3 is 2.91 bits per heavy atom. The van der Waals surface area contributed by atoms with Gasteiger partial charge in [-0.15, -0.1) is 0 Å². The highest BCUT2D eigenvalue weighted by Crippen LogP contribution is 2.05. The van der Waals surface area contributed by atoms with E-state index in [0.717, 1.165) is 0 Å². The van der Waals surface area contributed by atoms with Crippen molar-refractivity contribution in [2.45, 2.75) is 12.4 Å². The molecule has 0 radical (unpaired) electrons. The maximum atomic E-state index is 11.0. The Hall–Kier alpha value is -1.03. The molecule has 0 bridgehead atoms. The van der Waals surface area contributed by atoms with Gasteiger partial charge in [0, 0.05) is 6.20 Å². The molecule has 1 aromatic rings. The van der Waals surface area contributed by atoms with Crippen molar-refractivity contribution >= 4 is 17.4 Å². The maximum Gasteiger partial charge on any atom is 0.350 e. The largest absolute Gasteiger partial charge is 0.383 e. The number of anilines is 1. The molecule has 0 fully saturated rings. The van der Waals surface area contributed by atoms with Crippen LogP contribution in [0.25, 0.3) is 0 Å². The van der Waals surface area contributed by atoms with Gasteiger partial charge in [-0.25, -0.2) is 4.79 Å². The van der Waals surface area contributed by atoms with Crippen LogP contribution in [-0.4, -0.2) is 9.55 Å². The third-order valence-electron chi connectivity index (χ3n) is 1.23. The topological polar surface area (TPSA) is 60.9 Å². The fourth-order valence-electron chi connectivity index (χ4n) is 0.697. The summed E-state index contributed by atoms with van der Waals surface area (Å²) in [5.41, 5.74) is 4.44. The van der Waals surface area contributed by atoms with Crippen molar-refractivity contribution in [3.05, 3.63) is 22.7 Å². The molecule has 0 aliphatic carbocycles. The number of aromatic nitrogens is 2. The number of halogens is 1. The fraction of sp³-hybridized carbons (Fsp3) is 0.333. The summed E-state index contributed by atoms with van der Waals surface area (Å²) in [6.45, 7) is 1.68. The first-order chi connectivity index (χ1) is 5.11. The second-order valence-electron chi connectivity index (χ2n) is 2.12. The highest BCUT2D eigenvalue weighted by Gasteiger charge is 2.01. The molecule has 0 saturated heterocycles. The van der Waals surface area contributed by atoms with Crippen LogP contribution in [0.5, 0.6) is 0 Å². The van der Waals surface area contributed by atoms with Crippen molar-refractivity contribution in [2.24, 2.45) is 0 Å². The van der Waals surface area contributed by atoms with Gasteiger partial charge in [-0.2, -0.15) is 4.98 Å². The van der Waals surface area contributed by atoms with Crippen molar-refractivity contribution in [3.63, 3.8) is 0 Å². The summed E-state index contributed by atoms with van der Waals surface area (Å²) in [7, 11) is 0. The minimum atomic E-state index is -0.424. The van der Waals surface area contributed by atoms with Crippen molar-refractivity contribution in [2.75, 3.05) is 5.73 Å². The molecule has 4 nitrogen and oxygen atoms in total. The lowest BCUT2D eigenvalue weighted by molar-refractivity contribution is 0.673. The number of hydrogen-bond donors (Lipinski definition) is 1. The third kappa shape index (κ3) is 1.71. The molecule has 1 aromatic heterocycles. The summed E-state index contributed by atoms with van der Waals surface area (Å²) < 4.78 is 1.29. The zero-order valence-electron chi connectivity index (χ0n) is 5.99. The zero-order chi connectivity index (χ0) is 8.43. The van der Waals surface area contributed by atoms with E-state index in [4.69, 9.17) is 17.3 Å². The highest BCUT2D eigenvalue weighted by atomic mass is 35.5. The summed E-state index contributed by atoms with van der Waals surface area (Å²) in [5, 5.41) is 0. The lowest BCUT2D eigenvalue weighted by atomic mass is 10.5. The van der Waals surface area contributed by atoms with E-state index >= 15 is 0 Å². The van der Waals surface area contributed by atoms with E-state index in [0.29, 0.717) is 0 Å². The molecule has 0 aliphatic rings. The van der Waals surface area contributed by atoms with Gasteiger partial charge >= 0.3 is 5.69 Å². The molecule has 60 valence electrons. The minimum Gasteiger partial charge on any atom is -0.383 e. The van der Waals surface area contributed by atoms with Gasteiger partial charge in [0.15, 0.2) is 0 Å². The quantitative estimate of drug-likeness (QED) is 0.632. The van der Waals surface area contributed by atoms with Crippen LogP contribution in [0.3, 0.4) is 0 Å². The summed E-state index contributed by atoms with van der Waals surface area (Å²) in [6.07, 6.45) is 1.52. The summed E-state index contributed by atoms with van der Waals surface area (Å²) in [6, 6.07) is 1.53. The van der Waals surface area contributed by atoms with Crippen LogP contribution in [-0.2, 0) is 0 Å². The SMILES string of the molecule is CC(Cl)n1ccc(N)nc1=O. The van der Waals surface area contributed by atoms with Gasteiger partial charge < -0.3 is 5.73 Å². The van der Waals surface area contributed by atoms with Crippen LogP contribution in [0.15, 0.2) is 17.1 Å². The van der Waals surface area contributed by atoms with Crippen molar-refractivity contribution in [3.8, 4) is 0 Å². The predicted octanol–water partition coefficient (Wildman–Crippen LogP) is 0.583. The zero-order valence-corrected chi connectivity index (χ0v) is 6.75. The van der Waals surface area contributed by atoms with Crippen LogP contribution in [0, 0.1) is 0 Å². The van der Waals surface area contributed by atoms with E-state index in [1.807, 2.05) is 0 Å². The molecule has 0 amide bonds. The van der Waals surface area contributed by atoms with Crippen molar-refractivity contribution in [1.29, 1.82) is 0 Å². The van der Waals surface area contributed by atoms with Crippen LogP contribution in [0.4, 0.5) is 5.82 Å². The average Bonchev–Trinajstić information content (AvgIpc) is 1.85. The van der Waals surface area contributed by atoms with Gasteiger partial charge in [0.25, 0.3) is 0 Å². The molecule has 0 aliphatic heterocycles. The molecule has 11 heavy (non-hydrogen) atoms. The molecular weight excluding hydrogens is 166 g/mol. The third-order valence-corrected chi connectivity index (χ3v) is 1.45. The van der Waals surface area contributed by atoms with E-state index in [9.17, 15) is 4.79 Å². The number of rotatable bonds is 1. The number of nitrogen functional groups attached to an aromatic ring is 1. The highest BCUT2D eigenvalue weighted by molar-refractivity contribution is 6.18. The molecule has 0 saturated carbocycles. The molecule has 1 heterocycles. The molecule has 5 heteroatoms. The lowest BCUT2D eigenvalue weighted by Crippen LogP contribution is -2.23. The Morgan fingerprint density at radius 2 is 2.45 bits per heavy atom. The van der Waals surface area contributed by atoms with E-state index in [-0.39, 0.29) is 5.82 Å². The smallest absolute Gasteiger partial charge is 0.350 e. The Balaban J connectivity index is 3.21. The average molecular weight is 174 g/mol. The number of hydrogen-bond acceptors (Lipinski definition) is 3. The fourth-order valence-corrected chi connectivity index (χ4v) is 0.845. The van der Waals surface area contributed by atoms with Gasteiger partial charge in [0.05, 0.1) is 0 Å². The Kier molecular flexibility index (Phi) is 2.14. The first-order valence-electron chi connectivity index (χ1n) is 3.10. The summed E-state index contributed by atoms with van der Waals surface area (Å²) in [5.74, 6) is 0.212. The number of nitrogens with zero attached hydrogens (tertiary/aromatic N) is 2. The van der Waals surface area contributed by atoms with Crippen LogP contribution >= 0.6 is 11.6 Å². The van der Waals surface area contributed by atoms with Gasteiger partial charge in [-0.3, -0.25) is 4.57 Å². The van der Waals surface area contributed by atoms with Gasteiger partial charge in [-0.05, 0) is 13.0 Å². The van der Waals surface area contributed by atoms with Crippen molar-refractivity contribution < 1.29 is 0 Å². The standard InChI is InChI=1S/C6H8ClN3O/c1-4(7)10-3-2-5(8)9-6(10)11/h2-4H,1H3,(H2,8,9,11). The second-order valence-corrected chi connectivity index (χ2v) is 2.75. The van der Waals surface area contributed by atoms with E-state index in [1.165, 1.54) is 16.8 Å². The summed E-state index contributed by atoms with van der Waals surface area (Å²) in [4.78, 5) is 14.5. The molecule has 2 N–H and O–H groups in total. The molecule has 0 aromatic carbocycles. The Morgan fingerprint density at radius 1 is 1.82 bits per heavy atom. The van der Waals surface area contributed by atoms with E-state index in [2.05, 4.69) is 4.98 Å². The maximum absolute atomic E-state index is 11.0. The number of alkyl halides is 1. The van der Waals surface area contributed by atoms with Crippen LogP contribution in [0.1, 0.15) is 12.4 Å². The van der Waals surface area contributed by atoms with E-state index < -0.39 is 11.2 Å². The minimum absolute atomic E-state index is 0.212. The summed E-state index contributed by atoms with van der Waals surface area (Å²) >= 11 is 5.64. The first kappa shape index (κ1) is 8.07. The monoisotopic (exact) mass is 173 g/mol. The van der Waals surface area contributed by atoms with Gasteiger partial charge in [0.1, 0.15) is 11.3 Å². The van der Waals surface area contributed by atoms with E-state index in [1.54, 1.807) is 6.92 Å². The molecule has 1 atom stereocenters. The predicted molar refractivity (Wildman–Crippen MR) is 43.5 cm³/mol. The normalized spacial score (nSPS) is 12.9. The van der Waals surface area contributed by atoms with Crippen molar-refractivity contribution in [1.82, 2.24) is 9.55 Å². The lowest BCUT2D eigenvalue weighted by Gasteiger charge is -2.05. The Bertz CT molecular complexity index is 307. The van der Waals surface area contributed by atoms with Gasteiger partial charge in [0.2, 0.25) is 0 Å². The second kappa shape index (κ2) is 2.92.